The van der Waals surface area contributed by atoms with E-state index in [0.29, 0.717) is 33.8 Å². The summed E-state index contributed by atoms with van der Waals surface area (Å²) in [6.07, 6.45) is 0.398. The molecule has 0 aliphatic rings. The van der Waals surface area contributed by atoms with Crippen molar-refractivity contribution in [3.05, 3.63) is 105 Å². The van der Waals surface area contributed by atoms with Crippen LogP contribution < -0.4 is 5.32 Å². The number of hydrogen-bond acceptors (Lipinski definition) is 3. The van der Waals surface area contributed by atoms with Gasteiger partial charge in [-0.3, -0.25) is 9.59 Å². The van der Waals surface area contributed by atoms with Gasteiger partial charge in [-0.2, -0.15) is 0 Å². The van der Waals surface area contributed by atoms with Gasteiger partial charge in [0, 0.05) is 30.3 Å². The van der Waals surface area contributed by atoms with Gasteiger partial charge in [0.15, 0.2) is 0 Å². The first-order valence-corrected chi connectivity index (χ1v) is 13.5. The van der Waals surface area contributed by atoms with E-state index < -0.39 is 6.04 Å². The topological polar surface area (TPSA) is 49.4 Å². The zero-order valence-electron chi connectivity index (χ0n) is 19.3. The van der Waals surface area contributed by atoms with Crippen LogP contribution in [0.2, 0.25) is 15.1 Å². The van der Waals surface area contributed by atoms with Gasteiger partial charge in [-0.1, -0.05) is 89.4 Å². The van der Waals surface area contributed by atoms with Crippen LogP contribution in [0, 0.1) is 0 Å². The summed E-state index contributed by atoms with van der Waals surface area (Å²) in [5.41, 5.74) is 2.73. The first-order chi connectivity index (χ1) is 16.9. The molecule has 3 aromatic carbocycles. The minimum absolute atomic E-state index is 0.139. The van der Waals surface area contributed by atoms with Gasteiger partial charge in [-0.15, -0.1) is 11.8 Å². The summed E-state index contributed by atoms with van der Waals surface area (Å²) in [4.78, 5) is 28.4. The van der Waals surface area contributed by atoms with E-state index in [1.54, 1.807) is 17.0 Å². The van der Waals surface area contributed by atoms with Crippen LogP contribution in [0.25, 0.3) is 0 Å². The summed E-state index contributed by atoms with van der Waals surface area (Å²) >= 11 is 20.1. The smallest absolute Gasteiger partial charge is 0.243 e. The molecule has 4 nitrogen and oxygen atoms in total. The summed E-state index contributed by atoms with van der Waals surface area (Å²) in [5, 5.41) is 4.41. The standard InChI is InChI=1S/C27H27Cl3N2O2S/c1-2-31-27(34)25(15-19-8-4-3-5-9-19)32(16-20-12-13-23(29)24(30)14-20)26(33)18-35-17-21-10-6-7-11-22(21)28/h3-14,25H,2,15-18H2,1H3,(H,31,34)/t25-/m0/s1. The number of carbonyl (C=O) groups is 2. The lowest BCUT2D eigenvalue weighted by Crippen LogP contribution is -2.51. The highest BCUT2D eigenvalue weighted by atomic mass is 35.5. The SMILES string of the molecule is CCNC(=O)[C@H](Cc1ccccc1)N(Cc1ccc(Cl)c(Cl)c1)C(=O)CSCc1ccccc1Cl. The van der Waals surface area contributed by atoms with Crippen molar-refractivity contribution in [2.75, 3.05) is 12.3 Å². The highest BCUT2D eigenvalue weighted by Gasteiger charge is 2.30. The van der Waals surface area contributed by atoms with Crippen molar-refractivity contribution in [3.8, 4) is 0 Å². The van der Waals surface area contributed by atoms with Gasteiger partial charge < -0.3 is 10.2 Å². The van der Waals surface area contributed by atoms with Crippen molar-refractivity contribution in [1.29, 1.82) is 0 Å². The van der Waals surface area contributed by atoms with Gasteiger partial charge in [0.05, 0.1) is 15.8 Å². The molecule has 0 aromatic heterocycles. The van der Waals surface area contributed by atoms with E-state index in [2.05, 4.69) is 5.32 Å². The molecule has 3 aromatic rings. The number of nitrogens with one attached hydrogen (secondary N) is 1. The van der Waals surface area contributed by atoms with E-state index in [9.17, 15) is 9.59 Å². The first kappa shape index (κ1) is 27.4. The molecule has 0 radical (unpaired) electrons. The average molecular weight is 550 g/mol. The molecule has 0 spiro atoms. The third-order valence-electron chi connectivity index (χ3n) is 5.40. The Morgan fingerprint density at radius 1 is 0.886 bits per heavy atom. The number of halogens is 3. The molecule has 0 fully saturated rings. The monoisotopic (exact) mass is 548 g/mol. The van der Waals surface area contributed by atoms with Gasteiger partial charge in [-0.05, 0) is 41.8 Å². The Balaban J connectivity index is 1.85. The summed E-state index contributed by atoms with van der Waals surface area (Å²) in [7, 11) is 0. The van der Waals surface area contributed by atoms with Crippen LogP contribution in [-0.2, 0) is 28.3 Å². The fourth-order valence-corrected chi connectivity index (χ4v) is 5.14. The van der Waals surface area contributed by atoms with E-state index in [0.717, 1.165) is 16.7 Å². The van der Waals surface area contributed by atoms with Crippen LogP contribution in [0.15, 0.2) is 72.8 Å². The van der Waals surface area contributed by atoms with E-state index in [4.69, 9.17) is 34.8 Å². The normalized spacial score (nSPS) is 11.7. The highest BCUT2D eigenvalue weighted by Crippen LogP contribution is 2.25. The van der Waals surface area contributed by atoms with Crippen molar-refractivity contribution in [3.63, 3.8) is 0 Å². The Morgan fingerprint density at radius 3 is 2.29 bits per heavy atom. The van der Waals surface area contributed by atoms with E-state index in [1.165, 1.54) is 11.8 Å². The lowest BCUT2D eigenvalue weighted by atomic mass is 10.0. The molecule has 0 bridgehead atoms. The minimum atomic E-state index is -0.680. The van der Waals surface area contributed by atoms with Gasteiger partial charge >= 0.3 is 0 Å². The van der Waals surface area contributed by atoms with Gasteiger partial charge in [-0.25, -0.2) is 0 Å². The summed E-state index contributed by atoms with van der Waals surface area (Å²) in [5.74, 6) is 0.467. The maximum absolute atomic E-state index is 13.5. The third kappa shape index (κ3) is 8.18. The lowest BCUT2D eigenvalue weighted by molar-refractivity contribution is -0.139. The largest absolute Gasteiger partial charge is 0.355 e. The van der Waals surface area contributed by atoms with E-state index >= 15 is 0 Å². The minimum Gasteiger partial charge on any atom is -0.355 e. The number of hydrogen-bond donors (Lipinski definition) is 1. The average Bonchev–Trinajstić information content (AvgIpc) is 2.85. The molecule has 3 rings (SSSR count). The molecule has 0 unspecified atom stereocenters. The number of thioether (sulfide) groups is 1. The zero-order valence-corrected chi connectivity index (χ0v) is 22.4. The number of nitrogens with zero attached hydrogens (tertiary/aromatic N) is 1. The van der Waals surface area contributed by atoms with Gasteiger partial charge in [0.25, 0.3) is 0 Å². The Bertz CT molecular complexity index is 1140. The molecule has 0 aliphatic carbocycles. The molecule has 1 N–H and O–H groups in total. The third-order valence-corrected chi connectivity index (χ3v) is 7.47. The van der Waals surface area contributed by atoms with Crippen LogP contribution in [0.5, 0.6) is 0 Å². The second-order valence-corrected chi connectivity index (χ2v) is 10.2. The summed E-state index contributed by atoms with van der Waals surface area (Å²) in [6.45, 7) is 2.57. The van der Waals surface area contributed by atoms with Crippen molar-refractivity contribution in [2.24, 2.45) is 0 Å². The number of rotatable bonds is 11. The van der Waals surface area contributed by atoms with Crippen LogP contribution in [0.3, 0.4) is 0 Å². The lowest BCUT2D eigenvalue weighted by Gasteiger charge is -2.31. The number of benzene rings is 3. The summed E-state index contributed by atoms with van der Waals surface area (Å²) in [6, 6.07) is 21.8. The van der Waals surface area contributed by atoms with Gasteiger partial charge in [0.1, 0.15) is 6.04 Å². The fraction of sp³-hybridized carbons (Fsp3) is 0.259. The molecule has 0 saturated carbocycles. The Labute approximate surface area is 225 Å². The molecular formula is C27H27Cl3N2O2S. The molecule has 0 aliphatic heterocycles. The van der Waals surface area contributed by atoms with Crippen molar-refractivity contribution in [1.82, 2.24) is 10.2 Å². The second-order valence-electron chi connectivity index (χ2n) is 7.95. The molecule has 0 saturated heterocycles. The Hall–Kier alpha value is -2.18. The molecular weight excluding hydrogens is 523 g/mol. The number of amides is 2. The van der Waals surface area contributed by atoms with Crippen molar-refractivity contribution < 1.29 is 9.59 Å². The predicted octanol–water partition coefficient (Wildman–Crippen LogP) is 6.66. The molecule has 8 heteroatoms. The molecule has 2 amide bonds. The van der Waals surface area contributed by atoms with Crippen LogP contribution in [0.1, 0.15) is 23.6 Å². The maximum Gasteiger partial charge on any atom is 0.243 e. The van der Waals surface area contributed by atoms with Crippen LogP contribution in [-0.4, -0.2) is 35.1 Å². The van der Waals surface area contributed by atoms with E-state index in [-0.39, 0.29) is 24.1 Å². The van der Waals surface area contributed by atoms with Crippen molar-refractivity contribution >= 4 is 58.4 Å². The van der Waals surface area contributed by atoms with E-state index in [1.807, 2.05) is 67.6 Å². The molecule has 1 atom stereocenters. The maximum atomic E-state index is 13.5. The zero-order chi connectivity index (χ0) is 25.2. The number of likely N-dealkylation sites (N-methyl/N-ethyl adjacent to an activating group) is 1. The Kier molecular flexibility index (Phi) is 10.8. The quantitative estimate of drug-likeness (QED) is 0.291. The molecule has 0 heterocycles. The fourth-order valence-electron chi connectivity index (χ4n) is 3.63. The highest BCUT2D eigenvalue weighted by molar-refractivity contribution is 7.99. The molecule has 35 heavy (non-hydrogen) atoms. The molecule has 184 valence electrons. The summed E-state index contributed by atoms with van der Waals surface area (Å²) < 4.78 is 0. The van der Waals surface area contributed by atoms with Gasteiger partial charge in [0.2, 0.25) is 11.8 Å². The second kappa shape index (κ2) is 13.8. The van der Waals surface area contributed by atoms with Crippen molar-refractivity contribution in [2.45, 2.75) is 31.7 Å². The van der Waals surface area contributed by atoms with Crippen LogP contribution >= 0.6 is 46.6 Å². The predicted molar refractivity (Wildman–Crippen MR) is 147 cm³/mol. The first-order valence-electron chi connectivity index (χ1n) is 11.2. The number of carbonyl (C=O) groups excluding carboxylic acids is 2. The van der Waals surface area contributed by atoms with Crippen LogP contribution in [0.4, 0.5) is 0 Å². The Morgan fingerprint density at radius 2 is 1.60 bits per heavy atom.